The summed E-state index contributed by atoms with van der Waals surface area (Å²) in [6, 6.07) is 3.14. The van der Waals surface area contributed by atoms with Crippen LogP contribution in [0.2, 0.25) is 0 Å². The van der Waals surface area contributed by atoms with E-state index in [1.165, 1.54) is 0 Å². The van der Waals surface area contributed by atoms with Gasteiger partial charge in [-0.1, -0.05) is 20.8 Å². The lowest BCUT2D eigenvalue weighted by Crippen LogP contribution is -2.30. The molecule has 1 N–H and O–H groups in total. The molecule has 16 heavy (non-hydrogen) atoms. The zero-order valence-electron chi connectivity index (χ0n) is 11.2. The van der Waals surface area contributed by atoms with Crippen molar-refractivity contribution in [1.82, 2.24) is 15.1 Å². The highest BCUT2D eigenvalue weighted by Crippen LogP contribution is 2.09. The Kier molecular flexibility index (Phi) is 5.00. The maximum Gasteiger partial charge on any atom is 0.0762 e. The summed E-state index contributed by atoms with van der Waals surface area (Å²) in [6.07, 6.45) is 3.20. The van der Waals surface area contributed by atoms with Gasteiger partial charge in [-0.2, -0.15) is 5.10 Å². The van der Waals surface area contributed by atoms with Gasteiger partial charge in [-0.3, -0.25) is 4.68 Å². The van der Waals surface area contributed by atoms with E-state index in [1.54, 1.807) is 0 Å². The fraction of sp³-hybridized carbons (Fsp3) is 0.769. The molecule has 0 radical (unpaired) electrons. The van der Waals surface area contributed by atoms with Crippen LogP contribution in [0.3, 0.4) is 0 Å². The van der Waals surface area contributed by atoms with Gasteiger partial charge in [0.15, 0.2) is 0 Å². The first-order chi connectivity index (χ1) is 7.54. The molecule has 0 saturated heterocycles. The number of hydrogen-bond donors (Lipinski definition) is 1. The van der Waals surface area contributed by atoms with Crippen molar-refractivity contribution in [3.05, 3.63) is 18.0 Å². The van der Waals surface area contributed by atoms with Crippen LogP contribution < -0.4 is 5.32 Å². The standard InChI is InChI=1S/C13H25N3/c1-6-11(4)16-8-7-13(15-16)9-14-12(5)10(2)3/h7-8,10-12,14H,6,9H2,1-5H3. The predicted octanol–water partition coefficient (Wildman–Crippen LogP) is 2.99. The van der Waals surface area contributed by atoms with E-state index in [0.29, 0.717) is 18.0 Å². The van der Waals surface area contributed by atoms with E-state index in [4.69, 9.17) is 0 Å². The van der Waals surface area contributed by atoms with Crippen LogP contribution in [-0.4, -0.2) is 15.8 Å². The summed E-state index contributed by atoms with van der Waals surface area (Å²) < 4.78 is 2.05. The molecule has 1 aromatic heterocycles. The molecular formula is C13H25N3. The number of rotatable bonds is 6. The van der Waals surface area contributed by atoms with Crippen molar-refractivity contribution >= 4 is 0 Å². The average molecular weight is 223 g/mol. The zero-order chi connectivity index (χ0) is 12.1. The topological polar surface area (TPSA) is 29.9 Å². The molecule has 0 amide bonds. The largest absolute Gasteiger partial charge is 0.308 e. The van der Waals surface area contributed by atoms with Gasteiger partial charge in [0.05, 0.1) is 5.69 Å². The molecule has 0 aliphatic carbocycles. The van der Waals surface area contributed by atoms with Crippen LogP contribution in [0.1, 0.15) is 52.8 Å². The maximum atomic E-state index is 4.57. The molecule has 1 rings (SSSR count). The summed E-state index contributed by atoms with van der Waals surface area (Å²) in [5.74, 6) is 0.664. The fourth-order valence-corrected chi connectivity index (χ4v) is 1.41. The minimum atomic E-state index is 0.497. The van der Waals surface area contributed by atoms with Crippen molar-refractivity contribution in [2.24, 2.45) is 5.92 Å². The normalized spacial score (nSPS) is 15.4. The smallest absolute Gasteiger partial charge is 0.0762 e. The van der Waals surface area contributed by atoms with Gasteiger partial charge >= 0.3 is 0 Å². The first-order valence-corrected chi connectivity index (χ1v) is 6.32. The van der Waals surface area contributed by atoms with E-state index in [2.05, 4.69) is 62.0 Å². The SMILES string of the molecule is CCC(C)n1ccc(CNC(C)C(C)C)n1. The van der Waals surface area contributed by atoms with Crippen LogP contribution in [0.4, 0.5) is 0 Å². The van der Waals surface area contributed by atoms with Crippen molar-refractivity contribution in [3.63, 3.8) is 0 Å². The summed E-state index contributed by atoms with van der Waals surface area (Å²) in [4.78, 5) is 0. The molecule has 3 nitrogen and oxygen atoms in total. The van der Waals surface area contributed by atoms with Gasteiger partial charge in [0.1, 0.15) is 0 Å². The summed E-state index contributed by atoms with van der Waals surface area (Å²) in [5.41, 5.74) is 1.13. The maximum absolute atomic E-state index is 4.57. The number of hydrogen-bond acceptors (Lipinski definition) is 2. The number of nitrogens with zero attached hydrogens (tertiary/aromatic N) is 2. The van der Waals surface area contributed by atoms with Gasteiger partial charge in [0, 0.05) is 24.8 Å². The third kappa shape index (κ3) is 3.63. The second kappa shape index (κ2) is 6.04. The van der Waals surface area contributed by atoms with Crippen LogP contribution >= 0.6 is 0 Å². The van der Waals surface area contributed by atoms with Crippen LogP contribution in [-0.2, 0) is 6.54 Å². The third-order valence-corrected chi connectivity index (χ3v) is 3.31. The Hall–Kier alpha value is -0.830. The van der Waals surface area contributed by atoms with Crippen molar-refractivity contribution in [2.75, 3.05) is 0 Å². The second-order valence-electron chi connectivity index (χ2n) is 4.96. The third-order valence-electron chi connectivity index (χ3n) is 3.31. The minimum absolute atomic E-state index is 0.497. The van der Waals surface area contributed by atoms with Crippen LogP contribution in [0.15, 0.2) is 12.3 Å². The average Bonchev–Trinajstić information content (AvgIpc) is 2.73. The molecule has 3 heteroatoms. The number of aromatic nitrogens is 2. The molecule has 0 aliphatic heterocycles. The summed E-state index contributed by atoms with van der Waals surface area (Å²) >= 11 is 0. The van der Waals surface area contributed by atoms with Crippen molar-refractivity contribution in [2.45, 2.75) is 59.7 Å². The Morgan fingerprint density at radius 2 is 2.00 bits per heavy atom. The first-order valence-electron chi connectivity index (χ1n) is 6.32. The molecule has 1 heterocycles. The van der Waals surface area contributed by atoms with E-state index >= 15 is 0 Å². The van der Waals surface area contributed by atoms with Gasteiger partial charge in [0.25, 0.3) is 0 Å². The van der Waals surface area contributed by atoms with E-state index in [9.17, 15) is 0 Å². The molecule has 2 unspecified atom stereocenters. The van der Waals surface area contributed by atoms with E-state index < -0.39 is 0 Å². The van der Waals surface area contributed by atoms with Crippen molar-refractivity contribution in [1.29, 1.82) is 0 Å². The Labute approximate surface area is 99.2 Å². The second-order valence-corrected chi connectivity index (χ2v) is 4.96. The quantitative estimate of drug-likeness (QED) is 0.803. The lowest BCUT2D eigenvalue weighted by Gasteiger charge is -2.16. The van der Waals surface area contributed by atoms with Gasteiger partial charge in [-0.15, -0.1) is 0 Å². The lowest BCUT2D eigenvalue weighted by atomic mass is 10.1. The van der Waals surface area contributed by atoms with Gasteiger partial charge in [-0.05, 0) is 32.3 Å². The van der Waals surface area contributed by atoms with Crippen LogP contribution in [0, 0.1) is 5.92 Å². The van der Waals surface area contributed by atoms with E-state index in [-0.39, 0.29) is 0 Å². The first kappa shape index (κ1) is 13.2. The molecule has 0 aromatic carbocycles. The highest BCUT2D eigenvalue weighted by atomic mass is 15.3. The van der Waals surface area contributed by atoms with Gasteiger partial charge < -0.3 is 5.32 Å². The highest BCUT2D eigenvalue weighted by Gasteiger charge is 2.08. The minimum Gasteiger partial charge on any atom is -0.308 e. The Balaban J connectivity index is 2.46. The van der Waals surface area contributed by atoms with Crippen LogP contribution in [0.25, 0.3) is 0 Å². The molecule has 1 aromatic rings. The molecule has 2 atom stereocenters. The molecule has 0 fully saturated rings. The van der Waals surface area contributed by atoms with Crippen molar-refractivity contribution in [3.8, 4) is 0 Å². The zero-order valence-corrected chi connectivity index (χ0v) is 11.2. The Morgan fingerprint density at radius 3 is 2.56 bits per heavy atom. The molecule has 0 spiro atoms. The molecule has 0 saturated carbocycles. The highest BCUT2D eigenvalue weighted by molar-refractivity contribution is 4.99. The molecule has 0 bridgehead atoms. The van der Waals surface area contributed by atoms with Gasteiger partial charge in [-0.25, -0.2) is 0 Å². The summed E-state index contributed by atoms with van der Waals surface area (Å²) in [7, 11) is 0. The van der Waals surface area contributed by atoms with E-state index in [1.807, 2.05) is 0 Å². The number of nitrogens with one attached hydrogen (secondary N) is 1. The molecule has 92 valence electrons. The monoisotopic (exact) mass is 223 g/mol. The lowest BCUT2D eigenvalue weighted by molar-refractivity contribution is 0.418. The van der Waals surface area contributed by atoms with Crippen molar-refractivity contribution < 1.29 is 0 Å². The summed E-state index contributed by atoms with van der Waals surface area (Å²) in [6.45, 7) is 11.9. The Bertz CT molecular complexity index is 304. The summed E-state index contributed by atoms with van der Waals surface area (Å²) in [5, 5.41) is 8.06. The van der Waals surface area contributed by atoms with E-state index in [0.717, 1.165) is 18.7 Å². The van der Waals surface area contributed by atoms with Gasteiger partial charge in [0.2, 0.25) is 0 Å². The van der Waals surface area contributed by atoms with Crippen LogP contribution in [0.5, 0.6) is 0 Å². The molecule has 0 aliphatic rings. The fourth-order valence-electron chi connectivity index (χ4n) is 1.41. The molecular weight excluding hydrogens is 198 g/mol. The Morgan fingerprint density at radius 1 is 1.31 bits per heavy atom. The predicted molar refractivity (Wildman–Crippen MR) is 68.4 cm³/mol.